The van der Waals surface area contributed by atoms with Crippen LogP contribution in [0.15, 0.2) is 18.2 Å². The number of hydrogen-bond acceptors (Lipinski definition) is 3. The normalized spacial score (nSPS) is 10.4. The summed E-state index contributed by atoms with van der Waals surface area (Å²) >= 11 is 2.04. The lowest BCUT2D eigenvalue weighted by Gasteiger charge is -2.25. The maximum atomic E-state index is 12.4. The molecule has 0 aliphatic carbocycles. The molecule has 1 N–H and O–H groups in total. The topological polar surface area (TPSA) is 66.8 Å². The van der Waals surface area contributed by atoms with Gasteiger partial charge in [0, 0.05) is 9.61 Å². The number of carboxylic acids is 1. The van der Waals surface area contributed by atoms with Gasteiger partial charge in [-0.2, -0.15) is 0 Å². The molecular formula is C13H16INO4. The highest BCUT2D eigenvalue weighted by Crippen LogP contribution is 2.21. The minimum absolute atomic E-state index is 0.179. The van der Waals surface area contributed by atoms with Crippen molar-refractivity contribution >= 4 is 34.5 Å². The predicted molar refractivity (Wildman–Crippen MR) is 79.5 cm³/mol. The van der Waals surface area contributed by atoms with Crippen LogP contribution >= 0.6 is 22.6 Å². The fourth-order valence-electron chi connectivity index (χ4n) is 1.59. The molecule has 0 aromatic heterocycles. The number of benzene rings is 1. The third-order valence-electron chi connectivity index (χ3n) is 2.60. The van der Waals surface area contributed by atoms with Crippen molar-refractivity contribution in [3.8, 4) is 5.75 Å². The van der Waals surface area contributed by atoms with Gasteiger partial charge in [0.25, 0.3) is 5.91 Å². The Bertz CT molecular complexity index is 488. The average molecular weight is 377 g/mol. The van der Waals surface area contributed by atoms with E-state index in [-0.39, 0.29) is 18.5 Å². The summed E-state index contributed by atoms with van der Waals surface area (Å²) in [7, 11) is 1.55. The number of hydrogen-bond donors (Lipinski definition) is 1. The number of methoxy groups -OCH3 is 1. The SMILES string of the molecule is COc1ccc(C(=O)N(CC(=O)O)C(C)C)c(I)c1. The van der Waals surface area contributed by atoms with E-state index in [4.69, 9.17) is 9.84 Å². The van der Waals surface area contributed by atoms with Gasteiger partial charge in [-0.05, 0) is 54.6 Å². The number of nitrogens with zero attached hydrogens (tertiary/aromatic N) is 1. The van der Waals surface area contributed by atoms with Gasteiger partial charge in [0.05, 0.1) is 12.7 Å². The van der Waals surface area contributed by atoms with Crippen LogP contribution < -0.4 is 4.74 Å². The number of carbonyl (C=O) groups is 2. The zero-order valence-electron chi connectivity index (χ0n) is 11.0. The van der Waals surface area contributed by atoms with E-state index in [1.807, 2.05) is 22.6 Å². The molecule has 0 atom stereocenters. The van der Waals surface area contributed by atoms with Crippen LogP contribution in [0.2, 0.25) is 0 Å². The summed E-state index contributed by atoms with van der Waals surface area (Å²) in [4.78, 5) is 24.5. The number of rotatable bonds is 5. The Kier molecular flexibility index (Phi) is 5.59. The van der Waals surface area contributed by atoms with Crippen molar-refractivity contribution in [3.05, 3.63) is 27.3 Å². The fourth-order valence-corrected chi connectivity index (χ4v) is 2.30. The fraction of sp³-hybridized carbons (Fsp3) is 0.385. The van der Waals surface area contributed by atoms with Crippen molar-refractivity contribution in [2.24, 2.45) is 0 Å². The molecule has 0 saturated carbocycles. The first kappa shape index (κ1) is 15.7. The van der Waals surface area contributed by atoms with Crippen LogP contribution in [0.1, 0.15) is 24.2 Å². The minimum atomic E-state index is -1.02. The quantitative estimate of drug-likeness (QED) is 0.800. The van der Waals surface area contributed by atoms with Crippen molar-refractivity contribution in [2.75, 3.05) is 13.7 Å². The lowest BCUT2D eigenvalue weighted by Crippen LogP contribution is -2.41. The van der Waals surface area contributed by atoms with Crippen LogP contribution in [-0.4, -0.2) is 41.6 Å². The molecule has 1 amide bonds. The Balaban J connectivity index is 3.06. The summed E-state index contributed by atoms with van der Waals surface area (Å²) in [5.41, 5.74) is 0.483. The molecule has 0 fully saturated rings. The Hall–Kier alpha value is -1.31. The lowest BCUT2D eigenvalue weighted by atomic mass is 10.1. The Morgan fingerprint density at radius 2 is 2.05 bits per heavy atom. The number of halogens is 1. The molecule has 6 heteroatoms. The number of amides is 1. The number of carboxylic acid groups (broad SMARTS) is 1. The third-order valence-corrected chi connectivity index (χ3v) is 3.49. The Morgan fingerprint density at radius 3 is 2.47 bits per heavy atom. The highest BCUT2D eigenvalue weighted by atomic mass is 127. The van der Waals surface area contributed by atoms with Crippen molar-refractivity contribution in [2.45, 2.75) is 19.9 Å². The third kappa shape index (κ3) is 4.09. The summed E-state index contributed by atoms with van der Waals surface area (Å²) < 4.78 is 5.81. The van der Waals surface area contributed by atoms with Crippen molar-refractivity contribution in [3.63, 3.8) is 0 Å². The zero-order valence-corrected chi connectivity index (χ0v) is 13.2. The number of ether oxygens (including phenoxy) is 1. The molecule has 0 spiro atoms. The second kappa shape index (κ2) is 6.74. The standard InChI is InChI=1S/C13H16INO4/c1-8(2)15(7-12(16)17)13(18)10-5-4-9(19-3)6-11(10)14/h4-6,8H,7H2,1-3H3,(H,16,17). The average Bonchev–Trinajstić information content (AvgIpc) is 2.34. The first-order valence-electron chi connectivity index (χ1n) is 5.73. The van der Waals surface area contributed by atoms with Crippen LogP contribution in [0.5, 0.6) is 5.75 Å². The van der Waals surface area contributed by atoms with Gasteiger partial charge in [-0.1, -0.05) is 0 Å². The van der Waals surface area contributed by atoms with Crippen LogP contribution in [0.25, 0.3) is 0 Å². The molecule has 0 aliphatic heterocycles. The van der Waals surface area contributed by atoms with Crippen LogP contribution in [-0.2, 0) is 4.79 Å². The molecule has 0 unspecified atom stereocenters. The van der Waals surface area contributed by atoms with Gasteiger partial charge >= 0.3 is 5.97 Å². The van der Waals surface area contributed by atoms with E-state index < -0.39 is 5.97 Å². The first-order chi connectivity index (χ1) is 8.86. The van der Waals surface area contributed by atoms with E-state index in [0.29, 0.717) is 11.3 Å². The molecule has 0 bridgehead atoms. The van der Waals surface area contributed by atoms with Gasteiger partial charge in [0.2, 0.25) is 0 Å². The molecule has 5 nitrogen and oxygen atoms in total. The largest absolute Gasteiger partial charge is 0.497 e. The Morgan fingerprint density at radius 1 is 1.42 bits per heavy atom. The minimum Gasteiger partial charge on any atom is -0.497 e. The molecule has 0 saturated heterocycles. The van der Waals surface area contributed by atoms with E-state index >= 15 is 0 Å². The van der Waals surface area contributed by atoms with E-state index in [2.05, 4.69) is 0 Å². The van der Waals surface area contributed by atoms with E-state index in [1.54, 1.807) is 39.2 Å². The molecule has 1 rings (SSSR count). The van der Waals surface area contributed by atoms with Gasteiger partial charge in [-0.3, -0.25) is 9.59 Å². The summed E-state index contributed by atoms with van der Waals surface area (Å²) in [6, 6.07) is 4.91. The second-order valence-corrected chi connectivity index (χ2v) is 5.43. The number of carbonyl (C=O) groups excluding carboxylic acids is 1. The maximum Gasteiger partial charge on any atom is 0.323 e. The molecule has 19 heavy (non-hydrogen) atoms. The van der Waals surface area contributed by atoms with E-state index in [9.17, 15) is 9.59 Å². The van der Waals surface area contributed by atoms with Crippen molar-refractivity contribution in [1.29, 1.82) is 0 Å². The van der Waals surface area contributed by atoms with Gasteiger partial charge in [0.15, 0.2) is 0 Å². The van der Waals surface area contributed by atoms with E-state index in [0.717, 1.165) is 3.57 Å². The smallest absolute Gasteiger partial charge is 0.323 e. The highest BCUT2D eigenvalue weighted by molar-refractivity contribution is 14.1. The lowest BCUT2D eigenvalue weighted by molar-refractivity contribution is -0.138. The molecule has 1 aromatic rings. The molecule has 0 radical (unpaired) electrons. The van der Waals surface area contributed by atoms with Crippen LogP contribution in [0.3, 0.4) is 0 Å². The molecule has 104 valence electrons. The summed E-state index contributed by atoms with van der Waals surface area (Å²) in [6.45, 7) is 3.27. The van der Waals surface area contributed by atoms with Crippen molar-refractivity contribution < 1.29 is 19.4 Å². The van der Waals surface area contributed by atoms with Gasteiger partial charge in [0.1, 0.15) is 12.3 Å². The van der Waals surface area contributed by atoms with Gasteiger partial charge < -0.3 is 14.7 Å². The molecular weight excluding hydrogens is 361 g/mol. The Labute approximate surface area is 125 Å². The molecule has 0 heterocycles. The summed E-state index contributed by atoms with van der Waals surface area (Å²) in [6.07, 6.45) is 0. The summed E-state index contributed by atoms with van der Waals surface area (Å²) in [5, 5.41) is 8.86. The van der Waals surface area contributed by atoms with Crippen LogP contribution in [0, 0.1) is 3.57 Å². The summed E-state index contributed by atoms with van der Waals surface area (Å²) in [5.74, 6) is -0.648. The molecule has 0 aliphatic rings. The monoisotopic (exact) mass is 377 g/mol. The second-order valence-electron chi connectivity index (χ2n) is 4.27. The first-order valence-corrected chi connectivity index (χ1v) is 6.81. The van der Waals surface area contributed by atoms with Crippen molar-refractivity contribution in [1.82, 2.24) is 4.90 Å². The zero-order chi connectivity index (χ0) is 14.6. The number of aliphatic carboxylic acids is 1. The van der Waals surface area contributed by atoms with E-state index in [1.165, 1.54) is 4.90 Å². The highest BCUT2D eigenvalue weighted by Gasteiger charge is 2.23. The maximum absolute atomic E-state index is 12.4. The van der Waals surface area contributed by atoms with Gasteiger partial charge in [-0.25, -0.2) is 0 Å². The van der Waals surface area contributed by atoms with Gasteiger partial charge in [-0.15, -0.1) is 0 Å². The van der Waals surface area contributed by atoms with Crippen LogP contribution in [0.4, 0.5) is 0 Å². The predicted octanol–water partition coefficient (Wildman–Crippen LogP) is 2.24. The molecule has 1 aromatic carbocycles.